The summed E-state index contributed by atoms with van der Waals surface area (Å²) in [6.07, 6.45) is 0. The molecule has 0 aliphatic carbocycles. The maximum Gasteiger partial charge on any atom is 0.189 e. The quantitative estimate of drug-likeness (QED) is 0.676. The second-order valence-corrected chi connectivity index (χ2v) is 7.95. The van der Waals surface area contributed by atoms with Crippen molar-refractivity contribution in [3.8, 4) is 5.75 Å². The van der Waals surface area contributed by atoms with Gasteiger partial charge >= 0.3 is 0 Å². The fourth-order valence-corrected chi connectivity index (χ4v) is 4.64. The van der Waals surface area contributed by atoms with Gasteiger partial charge in [0, 0.05) is 0 Å². The summed E-state index contributed by atoms with van der Waals surface area (Å²) in [4.78, 5) is 0.322. The van der Waals surface area contributed by atoms with Gasteiger partial charge in [0.25, 0.3) is 0 Å². The average Bonchev–Trinajstić information content (AvgIpc) is 2.63. The SMILES string of the molecule is COc1ccc(C(c2ccccc2)S(=O)(=O)c2ccc(C)cc2)cc1. The summed E-state index contributed by atoms with van der Waals surface area (Å²) in [7, 11) is -1.99. The Morgan fingerprint density at radius 1 is 0.760 bits per heavy atom. The molecule has 3 nitrogen and oxygen atoms in total. The number of sulfone groups is 1. The van der Waals surface area contributed by atoms with E-state index in [1.807, 2.05) is 61.5 Å². The predicted molar refractivity (Wildman–Crippen MR) is 99.6 cm³/mol. The Balaban J connectivity index is 2.15. The first-order chi connectivity index (χ1) is 12.0. The molecule has 0 heterocycles. The van der Waals surface area contributed by atoms with Gasteiger partial charge in [0.2, 0.25) is 0 Å². The van der Waals surface area contributed by atoms with E-state index in [0.29, 0.717) is 16.2 Å². The summed E-state index contributed by atoms with van der Waals surface area (Å²) in [5.74, 6) is 0.697. The Morgan fingerprint density at radius 3 is 1.88 bits per heavy atom. The fourth-order valence-electron chi connectivity index (χ4n) is 2.82. The lowest BCUT2D eigenvalue weighted by Gasteiger charge is -2.19. The molecular formula is C21H20O3S. The highest BCUT2D eigenvalue weighted by molar-refractivity contribution is 7.91. The molecule has 0 aliphatic heterocycles. The first kappa shape index (κ1) is 17.2. The molecule has 1 atom stereocenters. The highest BCUT2D eigenvalue weighted by Crippen LogP contribution is 2.35. The van der Waals surface area contributed by atoms with Crippen molar-refractivity contribution < 1.29 is 13.2 Å². The molecule has 25 heavy (non-hydrogen) atoms. The molecule has 0 bridgehead atoms. The van der Waals surface area contributed by atoms with Crippen molar-refractivity contribution in [3.63, 3.8) is 0 Å². The molecule has 3 aromatic carbocycles. The summed E-state index contributed by atoms with van der Waals surface area (Å²) in [5, 5.41) is -0.762. The molecule has 0 aromatic heterocycles. The summed E-state index contributed by atoms with van der Waals surface area (Å²) in [6.45, 7) is 1.94. The molecule has 0 fully saturated rings. The highest BCUT2D eigenvalue weighted by Gasteiger charge is 2.30. The van der Waals surface area contributed by atoms with Gasteiger partial charge in [-0.3, -0.25) is 0 Å². The van der Waals surface area contributed by atoms with Crippen LogP contribution in [0.4, 0.5) is 0 Å². The molecule has 3 aromatic rings. The van der Waals surface area contributed by atoms with Crippen LogP contribution in [0.25, 0.3) is 0 Å². The monoisotopic (exact) mass is 352 g/mol. The van der Waals surface area contributed by atoms with E-state index >= 15 is 0 Å². The molecule has 0 saturated heterocycles. The Morgan fingerprint density at radius 2 is 1.32 bits per heavy atom. The minimum Gasteiger partial charge on any atom is -0.497 e. The van der Waals surface area contributed by atoms with Crippen LogP contribution in [0.15, 0.2) is 83.8 Å². The van der Waals surface area contributed by atoms with E-state index in [1.165, 1.54) is 0 Å². The van der Waals surface area contributed by atoms with Crippen LogP contribution in [0.3, 0.4) is 0 Å². The molecule has 0 aliphatic rings. The number of benzene rings is 3. The molecule has 128 valence electrons. The summed E-state index contributed by atoms with van der Waals surface area (Å²) in [5.41, 5.74) is 2.49. The van der Waals surface area contributed by atoms with E-state index in [4.69, 9.17) is 4.74 Å². The number of hydrogen-bond acceptors (Lipinski definition) is 3. The first-order valence-electron chi connectivity index (χ1n) is 8.02. The van der Waals surface area contributed by atoms with Gasteiger partial charge in [-0.2, -0.15) is 0 Å². The zero-order valence-electron chi connectivity index (χ0n) is 14.2. The van der Waals surface area contributed by atoms with Gasteiger partial charge in [-0.25, -0.2) is 8.42 Å². The molecule has 0 radical (unpaired) electrons. The molecule has 1 unspecified atom stereocenters. The van der Waals surface area contributed by atoms with E-state index in [-0.39, 0.29) is 0 Å². The predicted octanol–water partition coefficient (Wildman–Crippen LogP) is 4.57. The molecule has 0 N–H and O–H groups in total. The van der Waals surface area contributed by atoms with E-state index in [9.17, 15) is 8.42 Å². The standard InChI is InChI=1S/C21H20O3S/c1-16-8-14-20(15-9-16)25(22,23)21(17-6-4-3-5-7-17)18-10-12-19(24-2)13-11-18/h3-15,21H,1-2H3. The maximum atomic E-state index is 13.4. The van der Waals surface area contributed by atoms with Gasteiger partial charge in [-0.1, -0.05) is 60.2 Å². The summed E-state index contributed by atoms with van der Waals surface area (Å²) in [6, 6.07) is 23.5. The van der Waals surface area contributed by atoms with Crippen LogP contribution in [-0.2, 0) is 9.84 Å². The van der Waals surface area contributed by atoms with Gasteiger partial charge in [0.1, 0.15) is 11.0 Å². The van der Waals surface area contributed by atoms with E-state index in [0.717, 1.165) is 11.1 Å². The lowest BCUT2D eigenvalue weighted by Crippen LogP contribution is -2.15. The normalized spacial score (nSPS) is 12.6. The van der Waals surface area contributed by atoms with Crippen molar-refractivity contribution in [2.75, 3.05) is 7.11 Å². The van der Waals surface area contributed by atoms with Crippen molar-refractivity contribution in [3.05, 3.63) is 95.6 Å². The van der Waals surface area contributed by atoms with Gasteiger partial charge in [0.05, 0.1) is 12.0 Å². The first-order valence-corrected chi connectivity index (χ1v) is 9.56. The molecule has 0 amide bonds. The number of rotatable bonds is 5. The van der Waals surface area contributed by atoms with Crippen LogP contribution in [0.2, 0.25) is 0 Å². The van der Waals surface area contributed by atoms with Gasteiger partial charge in [0.15, 0.2) is 9.84 Å². The fraction of sp³-hybridized carbons (Fsp3) is 0.143. The van der Waals surface area contributed by atoms with Crippen LogP contribution < -0.4 is 4.74 Å². The highest BCUT2D eigenvalue weighted by atomic mass is 32.2. The number of ether oxygens (including phenoxy) is 1. The Bertz CT molecular complexity index is 929. The van der Waals surface area contributed by atoms with Crippen molar-refractivity contribution in [2.45, 2.75) is 17.1 Å². The number of methoxy groups -OCH3 is 1. The Kier molecular flexibility index (Phi) is 4.91. The molecular weight excluding hydrogens is 332 g/mol. The summed E-state index contributed by atoms with van der Waals surface area (Å²) < 4.78 is 31.9. The smallest absolute Gasteiger partial charge is 0.189 e. The lowest BCUT2D eigenvalue weighted by atomic mass is 10.0. The van der Waals surface area contributed by atoms with Gasteiger partial charge in [-0.15, -0.1) is 0 Å². The Labute approximate surface area is 148 Å². The summed E-state index contributed by atoms with van der Waals surface area (Å²) >= 11 is 0. The van der Waals surface area contributed by atoms with Crippen molar-refractivity contribution >= 4 is 9.84 Å². The minimum atomic E-state index is -3.58. The van der Waals surface area contributed by atoms with Crippen LogP contribution in [0, 0.1) is 6.92 Å². The molecule has 0 saturated carbocycles. The largest absolute Gasteiger partial charge is 0.497 e. The van der Waals surface area contributed by atoms with Crippen molar-refractivity contribution in [2.24, 2.45) is 0 Å². The second kappa shape index (κ2) is 7.11. The maximum absolute atomic E-state index is 13.4. The van der Waals surface area contributed by atoms with Gasteiger partial charge in [-0.05, 0) is 42.3 Å². The minimum absolute atomic E-state index is 0.322. The number of hydrogen-bond donors (Lipinski definition) is 0. The van der Waals surface area contributed by atoms with Crippen LogP contribution in [-0.4, -0.2) is 15.5 Å². The average molecular weight is 352 g/mol. The number of aryl methyl sites for hydroxylation is 1. The zero-order chi connectivity index (χ0) is 17.9. The second-order valence-electron chi connectivity index (χ2n) is 5.92. The van der Waals surface area contributed by atoms with E-state index in [2.05, 4.69) is 0 Å². The Hall–Kier alpha value is -2.59. The van der Waals surface area contributed by atoms with E-state index < -0.39 is 15.1 Å². The van der Waals surface area contributed by atoms with Crippen molar-refractivity contribution in [1.82, 2.24) is 0 Å². The van der Waals surface area contributed by atoms with Crippen LogP contribution in [0.5, 0.6) is 5.75 Å². The molecule has 4 heteroatoms. The lowest BCUT2D eigenvalue weighted by molar-refractivity contribution is 0.414. The molecule has 3 rings (SSSR count). The van der Waals surface area contributed by atoms with Gasteiger partial charge < -0.3 is 4.74 Å². The van der Waals surface area contributed by atoms with Crippen molar-refractivity contribution in [1.29, 1.82) is 0 Å². The molecule has 0 spiro atoms. The third kappa shape index (κ3) is 3.59. The third-order valence-corrected chi connectivity index (χ3v) is 6.27. The van der Waals surface area contributed by atoms with Crippen LogP contribution >= 0.6 is 0 Å². The van der Waals surface area contributed by atoms with Crippen LogP contribution in [0.1, 0.15) is 21.9 Å². The van der Waals surface area contributed by atoms with E-state index in [1.54, 1.807) is 31.4 Å². The zero-order valence-corrected chi connectivity index (χ0v) is 15.0. The topological polar surface area (TPSA) is 43.4 Å². The third-order valence-electron chi connectivity index (χ3n) is 4.18.